The van der Waals surface area contributed by atoms with Crippen molar-refractivity contribution in [3.63, 3.8) is 0 Å². The predicted octanol–water partition coefficient (Wildman–Crippen LogP) is 1.18. The molecule has 0 aliphatic heterocycles. The first-order valence-electron chi connectivity index (χ1n) is 4.69. The van der Waals surface area contributed by atoms with Crippen molar-refractivity contribution in [1.29, 1.82) is 0 Å². The van der Waals surface area contributed by atoms with Gasteiger partial charge in [-0.15, -0.1) is 0 Å². The molecule has 0 aliphatic rings. The van der Waals surface area contributed by atoms with Crippen molar-refractivity contribution in [3.05, 3.63) is 17.1 Å². The Labute approximate surface area is 87.1 Å². The van der Waals surface area contributed by atoms with E-state index in [2.05, 4.69) is 15.1 Å². The molecule has 0 fully saturated rings. The Morgan fingerprint density at radius 2 is 1.87 bits per heavy atom. The van der Waals surface area contributed by atoms with E-state index in [-0.39, 0.29) is 5.78 Å². The molecule has 0 radical (unpaired) electrons. The fourth-order valence-electron chi connectivity index (χ4n) is 1.63. The van der Waals surface area contributed by atoms with E-state index in [0.29, 0.717) is 16.9 Å². The van der Waals surface area contributed by atoms with Crippen LogP contribution in [-0.2, 0) is 7.05 Å². The maximum Gasteiger partial charge on any atom is 0.179 e. The summed E-state index contributed by atoms with van der Waals surface area (Å²) < 4.78 is 1.68. The molecule has 0 spiro atoms. The molecule has 2 aromatic rings. The van der Waals surface area contributed by atoms with Gasteiger partial charge < -0.3 is 0 Å². The van der Waals surface area contributed by atoms with Crippen molar-refractivity contribution in [2.75, 3.05) is 0 Å². The van der Waals surface area contributed by atoms with Gasteiger partial charge in [0.05, 0.1) is 11.4 Å². The molecule has 15 heavy (non-hydrogen) atoms. The van der Waals surface area contributed by atoms with Gasteiger partial charge in [0, 0.05) is 14.0 Å². The number of aryl methyl sites for hydroxylation is 3. The summed E-state index contributed by atoms with van der Waals surface area (Å²) in [7, 11) is 1.82. The Morgan fingerprint density at radius 1 is 1.20 bits per heavy atom. The number of nitrogens with zero attached hydrogens (tertiary/aromatic N) is 4. The van der Waals surface area contributed by atoms with Gasteiger partial charge in [-0.25, -0.2) is 14.6 Å². The molecule has 0 saturated carbocycles. The van der Waals surface area contributed by atoms with E-state index >= 15 is 0 Å². The van der Waals surface area contributed by atoms with Crippen LogP contribution in [0.5, 0.6) is 0 Å². The Morgan fingerprint density at radius 3 is 2.47 bits per heavy atom. The first-order valence-corrected chi connectivity index (χ1v) is 4.69. The van der Waals surface area contributed by atoms with Gasteiger partial charge in [0.2, 0.25) is 0 Å². The Bertz CT molecular complexity index is 556. The van der Waals surface area contributed by atoms with Crippen molar-refractivity contribution in [2.45, 2.75) is 20.8 Å². The van der Waals surface area contributed by atoms with Crippen molar-refractivity contribution >= 4 is 16.9 Å². The zero-order valence-electron chi connectivity index (χ0n) is 9.20. The van der Waals surface area contributed by atoms with Crippen molar-refractivity contribution in [2.24, 2.45) is 7.05 Å². The third-order valence-corrected chi connectivity index (χ3v) is 2.33. The molecule has 0 amide bonds. The Kier molecular flexibility index (Phi) is 2.03. The molecule has 0 aromatic carbocycles. The number of Topliss-reactive ketones (excluding diaryl/α,β-unsaturated/α-hetero) is 1. The summed E-state index contributed by atoms with van der Waals surface area (Å²) >= 11 is 0. The van der Waals surface area contributed by atoms with Crippen LogP contribution in [-0.4, -0.2) is 25.5 Å². The van der Waals surface area contributed by atoms with Gasteiger partial charge >= 0.3 is 0 Å². The number of ketones is 1. The summed E-state index contributed by atoms with van der Waals surface area (Å²) in [5, 5.41) is 4.21. The van der Waals surface area contributed by atoms with E-state index in [9.17, 15) is 4.79 Å². The zero-order chi connectivity index (χ0) is 11.2. The number of fused-ring (bicyclic) bond motifs is 1. The van der Waals surface area contributed by atoms with Gasteiger partial charge in [-0.1, -0.05) is 0 Å². The van der Waals surface area contributed by atoms with Gasteiger partial charge in [0.15, 0.2) is 11.4 Å². The molecule has 0 unspecified atom stereocenters. The average molecular weight is 204 g/mol. The van der Waals surface area contributed by atoms with Crippen LogP contribution in [0.15, 0.2) is 0 Å². The third kappa shape index (κ3) is 1.40. The summed E-state index contributed by atoms with van der Waals surface area (Å²) in [4.78, 5) is 19.9. The second-order valence-corrected chi connectivity index (χ2v) is 3.60. The highest BCUT2D eigenvalue weighted by Crippen LogP contribution is 2.15. The minimum absolute atomic E-state index is 0.0647. The molecule has 0 saturated heterocycles. The lowest BCUT2D eigenvalue weighted by atomic mass is 10.2. The van der Waals surface area contributed by atoms with Gasteiger partial charge in [0.25, 0.3) is 0 Å². The highest BCUT2D eigenvalue weighted by molar-refractivity contribution is 5.94. The number of hydrogen-bond acceptors (Lipinski definition) is 4. The lowest BCUT2D eigenvalue weighted by Gasteiger charge is -2.00. The maximum absolute atomic E-state index is 11.3. The molecule has 0 aliphatic carbocycles. The molecule has 0 bridgehead atoms. The van der Waals surface area contributed by atoms with Gasteiger partial charge in [0.1, 0.15) is 11.2 Å². The number of rotatable bonds is 1. The lowest BCUT2D eigenvalue weighted by molar-refractivity contribution is 0.101. The minimum atomic E-state index is -0.0647. The molecule has 0 N–H and O–H groups in total. The van der Waals surface area contributed by atoms with Crippen LogP contribution in [0.3, 0.4) is 0 Å². The summed E-state index contributed by atoms with van der Waals surface area (Å²) in [6, 6.07) is 0. The topological polar surface area (TPSA) is 60.7 Å². The quantitative estimate of drug-likeness (QED) is 0.654. The highest BCUT2D eigenvalue weighted by atomic mass is 16.1. The van der Waals surface area contributed by atoms with Crippen LogP contribution in [0.4, 0.5) is 0 Å². The summed E-state index contributed by atoms with van der Waals surface area (Å²) in [5.41, 5.74) is 3.29. The molecule has 2 aromatic heterocycles. The molecule has 5 heteroatoms. The van der Waals surface area contributed by atoms with Gasteiger partial charge in [-0.2, -0.15) is 5.10 Å². The van der Waals surface area contributed by atoms with E-state index in [1.807, 2.05) is 14.0 Å². The Hall–Kier alpha value is -1.78. The van der Waals surface area contributed by atoms with Crippen LogP contribution < -0.4 is 0 Å². The molecular weight excluding hydrogens is 192 g/mol. The van der Waals surface area contributed by atoms with Crippen molar-refractivity contribution in [3.8, 4) is 0 Å². The third-order valence-electron chi connectivity index (χ3n) is 2.33. The average Bonchev–Trinajstić information content (AvgIpc) is 2.41. The van der Waals surface area contributed by atoms with Gasteiger partial charge in [-0.3, -0.25) is 4.79 Å². The molecular formula is C10H12N4O. The normalized spacial score (nSPS) is 10.9. The summed E-state index contributed by atoms with van der Waals surface area (Å²) in [6.07, 6.45) is 0. The smallest absolute Gasteiger partial charge is 0.179 e. The number of carbonyl (C=O) groups excluding carboxylic acids is 1. The number of aromatic nitrogens is 4. The van der Waals surface area contributed by atoms with Crippen molar-refractivity contribution < 1.29 is 4.79 Å². The van der Waals surface area contributed by atoms with Crippen LogP contribution in [0.2, 0.25) is 0 Å². The van der Waals surface area contributed by atoms with E-state index in [4.69, 9.17) is 0 Å². The largest absolute Gasteiger partial charge is 0.293 e. The minimum Gasteiger partial charge on any atom is -0.293 e. The molecule has 2 heterocycles. The second kappa shape index (κ2) is 3.12. The number of hydrogen-bond donors (Lipinski definition) is 0. The van der Waals surface area contributed by atoms with E-state index in [1.165, 1.54) is 6.92 Å². The lowest BCUT2D eigenvalue weighted by Crippen LogP contribution is -2.04. The van der Waals surface area contributed by atoms with Crippen LogP contribution in [0.25, 0.3) is 11.2 Å². The number of carbonyl (C=O) groups is 1. The van der Waals surface area contributed by atoms with Crippen LogP contribution in [0, 0.1) is 13.8 Å². The zero-order valence-corrected chi connectivity index (χ0v) is 9.20. The highest BCUT2D eigenvalue weighted by Gasteiger charge is 2.13. The fraction of sp³-hybridized carbons (Fsp3) is 0.400. The van der Waals surface area contributed by atoms with Crippen molar-refractivity contribution in [1.82, 2.24) is 19.7 Å². The molecule has 0 atom stereocenters. The predicted molar refractivity (Wildman–Crippen MR) is 55.8 cm³/mol. The van der Waals surface area contributed by atoms with Crippen LogP contribution in [0.1, 0.15) is 28.8 Å². The second-order valence-electron chi connectivity index (χ2n) is 3.60. The maximum atomic E-state index is 11.3. The summed E-state index contributed by atoms with van der Waals surface area (Å²) in [5.74, 6) is -0.0647. The molecule has 5 nitrogen and oxygen atoms in total. The van der Waals surface area contributed by atoms with E-state index in [1.54, 1.807) is 11.6 Å². The first kappa shape index (κ1) is 9.76. The van der Waals surface area contributed by atoms with E-state index < -0.39 is 0 Å². The van der Waals surface area contributed by atoms with E-state index in [0.717, 1.165) is 11.3 Å². The standard InChI is InChI=1S/C10H12N4O/c1-5-8(7(3)15)12-9-6(2)13-14(4)10(9)11-5/h1-4H3. The summed E-state index contributed by atoms with van der Waals surface area (Å²) in [6.45, 7) is 5.14. The fourth-order valence-corrected chi connectivity index (χ4v) is 1.63. The molecule has 2 rings (SSSR count). The molecule has 78 valence electrons. The SMILES string of the molecule is CC(=O)c1nc2c(C)nn(C)c2nc1C. The monoisotopic (exact) mass is 204 g/mol. The Balaban J connectivity index is 2.85. The van der Waals surface area contributed by atoms with Crippen LogP contribution >= 0.6 is 0 Å². The van der Waals surface area contributed by atoms with Gasteiger partial charge in [-0.05, 0) is 13.8 Å². The first-order chi connectivity index (χ1) is 7.00.